The summed E-state index contributed by atoms with van der Waals surface area (Å²) in [4.78, 5) is 30.6. The zero-order valence-corrected chi connectivity index (χ0v) is 15.4. The van der Waals surface area contributed by atoms with Crippen molar-refractivity contribution < 1.29 is 14.3 Å². The van der Waals surface area contributed by atoms with Crippen LogP contribution >= 0.6 is 0 Å². The lowest BCUT2D eigenvalue weighted by atomic mass is 9.98. The molecular formula is C18H25N5O3. The second-order valence-corrected chi connectivity index (χ2v) is 6.79. The topological polar surface area (TPSA) is 89.3 Å². The molecule has 26 heavy (non-hydrogen) atoms. The number of hydrogen-bond donors (Lipinski definition) is 1. The van der Waals surface area contributed by atoms with Crippen LogP contribution in [0.4, 0.5) is 10.5 Å². The van der Waals surface area contributed by atoms with E-state index in [-0.39, 0.29) is 24.0 Å². The van der Waals surface area contributed by atoms with Crippen LogP contribution in [0.25, 0.3) is 11.0 Å². The monoisotopic (exact) mass is 359 g/mol. The number of urea groups is 1. The Kier molecular flexibility index (Phi) is 5.39. The number of ether oxygens (including phenoxy) is 1. The normalized spacial score (nSPS) is 17.5. The van der Waals surface area contributed by atoms with E-state index >= 15 is 0 Å². The molecule has 1 aliphatic heterocycles. The van der Waals surface area contributed by atoms with Gasteiger partial charge in [0, 0.05) is 24.5 Å². The summed E-state index contributed by atoms with van der Waals surface area (Å²) in [5.74, 6) is -0.478. The van der Waals surface area contributed by atoms with E-state index in [1.807, 2.05) is 24.6 Å². The predicted molar refractivity (Wildman–Crippen MR) is 97.9 cm³/mol. The van der Waals surface area contributed by atoms with Gasteiger partial charge in [-0.15, -0.1) is 0 Å². The molecule has 8 nitrogen and oxygen atoms in total. The van der Waals surface area contributed by atoms with Gasteiger partial charge in [0.05, 0.1) is 30.6 Å². The number of pyridine rings is 1. The van der Waals surface area contributed by atoms with Crippen LogP contribution < -0.4 is 5.32 Å². The first-order valence-electron chi connectivity index (χ1n) is 9.05. The first-order chi connectivity index (χ1) is 12.5. The summed E-state index contributed by atoms with van der Waals surface area (Å²) in [6.07, 6.45) is 4.92. The minimum atomic E-state index is -0.251. The zero-order valence-electron chi connectivity index (χ0n) is 15.4. The Labute approximate surface area is 152 Å². The van der Waals surface area contributed by atoms with Gasteiger partial charge < -0.3 is 15.0 Å². The van der Waals surface area contributed by atoms with Gasteiger partial charge in [-0.1, -0.05) is 0 Å². The molecule has 1 fully saturated rings. The molecule has 0 saturated carbocycles. The van der Waals surface area contributed by atoms with E-state index in [0.29, 0.717) is 25.4 Å². The lowest BCUT2D eigenvalue weighted by Gasteiger charge is -2.31. The van der Waals surface area contributed by atoms with Gasteiger partial charge in [0.2, 0.25) is 0 Å². The number of anilines is 1. The van der Waals surface area contributed by atoms with E-state index in [4.69, 9.17) is 4.74 Å². The Morgan fingerprint density at radius 2 is 2.19 bits per heavy atom. The van der Waals surface area contributed by atoms with Crippen molar-refractivity contribution in [2.75, 3.05) is 25.0 Å². The average molecular weight is 359 g/mol. The SMILES string of the molecule is CCOC(=O)C1CCCN(C(=O)Nc2cnc3c(cnn3C(C)C)c2)C1. The van der Waals surface area contributed by atoms with Crippen LogP contribution in [-0.2, 0) is 9.53 Å². The van der Waals surface area contributed by atoms with Gasteiger partial charge in [-0.25, -0.2) is 14.5 Å². The molecule has 2 amide bonds. The molecular weight excluding hydrogens is 334 g/mol. The fourth-order valence-electron chi connectivity index (χ4n) is 3.20. The highest BCUT2D eigenvalue weighted by Crippen LogP contribution is 2.21. The van der Waals surface area contributed by atoms with Gasteiger partial charge in [-0.2, -0.15) is 5.10 Å². The maximum atomic E-state index is 12.6. The van der Waals surface area contributed by atoms with Gasteiger partial charge in [0.1, 0.15) is 0 Å². The maximum Gasteiger partial charge on any atom is 0.321 e. The molecule has 1 unspecified atom stereocenters. The number of hydrogen-bond acceptors (Lipinski definition) is 5. The van der Waals surface area contributed by atoms with Crippen molar-refractivity contribution in [2.45, 2.75) is 39.7 Å². The molecule has 1 saturated heterocycles. The van der Waals surface area contributed by atoms with Crippen LogP contribution in [0.1, 0.15) is 39.7 Å². The number of aromatic nitrogens is 3. The second-order valence-electron chi connectivity index (χ2n) is 6.79. The van der Waals surface area contributed by atoms with Crippen LogP contribution in [0, 0.1) is 5.92 Å². The molecule has 8 heteroatoms. The fraction of sp³-hybridized carbons (Fsp3) is 0.556. The number of likely N-dealkylation sites (tertiary alicyclic amines) is 1. The number of carbonyl (C=O) groups excluding carboxylic acids is 2. The Bertz CT molecular complexity index is 801. The standard InChI is InChI=1S/C18H25N5O3/c1-4-26-17(24)13-6-5-7-22(11-13)18(25)21-15-8-14-9-20-23(12(2)3)16(14)19-10-15/h8-10,12-13H,4-7,11H2,1-3H3,(H,21,25). The zero-order chi connectivity index (χ0) is 18.7. The molecule has 0 radical (unpaired) electrons. The highest BCUT2D eigenvalue weighted by molar-refractivity contribution is 5.92. The maximum absolute atomic E-state index is 12.6. The summed E-state index contributed by atoms with van der Waals surface area (Å²) < 4.78 is 6.92. The van der Waals surface area contributed by atoms with Crippen molar-refractivity contribution in [3.63, 3.8) is 0 Å². The number of nitrogens with zero attached hydrogens (tertiary/aromatic N) is 4. The minimum Gasteiger partial charge on any atom is -0.466 e. The van der Waals surface area contributed by atoms with Crippen molar-refractivity contribution >= 4 is 28.7 Å². The quantitative estimate of drug-likeness (QED) is 0.848. The van der Waals surface area contributed by atoms with Crippen molar-refractivity contribution in [1.29, 1.82) is 0 Å². The third-order valence-corrected chi connectivity index (χ3v) is 4.50. The summed E-state index contributed by atoms with van der Waals surface area (Å²) >= 11 is 0. The first kappa shape index (κ1) is 18.2. The third-order valence-electron chi connectivity index (χ3n) is 4.50. The summed E-state index contributed by atoms with van der Waals surface area (Å²) in [5, 5.41) is 8.08. The summed E-state index contributed by atoms with van der Waals surface area (Å²) in [6, 6.07) is 1.85. The van der Waals surface area contributed by atoms with E-state index < -0.39 is 0 Å². The summed E-state index contributed by atoms with van der Waals surface area (Å²) in [6.45, 7) is 7.24. The highest BCUT2D eigenvalue weighted by atomic mass is 16.5. The van der Waals surface area contributed by atoms with Gasteiger partial charge in [-0.3, -0.25) is 4.79 Å². The Morgan fingerprint density at radius 3 is 2.92 bits per heavy atom. The average Bonchev–Trinajstić information content (AvgIpc) is 3.05. The molecule has 0 spiro atoms. The smallest absolute Gasteiger partial charge is 0.321 e. The largest absolute Gasteiger partial charge is 0.466 e. The van der Waals surface area contributed by atoms with Gasteiger partial charge >= 0.3 is 12.0 Å². The molecule has 1 N–H and O–H groups in total. The van der Waals surface area contributed by atoms with Gasteiger partial charge in [-0.05, 0) is 39.7 Å². The molecule has 0 aliphatic carbocycles. The third kappa shape index (κ3) is 3.79. The highest BCUT2D eigenvalue weighted by Gasteiger charge is 2.29. The second kappa shape index (κ2) is 7.72. The molecule has 3 rings (SSSR count). The van der Waals surface area contributed by atoms with Crippen molar-refractivity contribution in [3.8, 4) is 0 Å². The predicted octanol–water partition coefficient (Wildman–Crippen LogP) is 2.82. The molecule has 2 aromatic rings. The number of rotatable bonds is 4. The number of fused-ring (bicyclic) bond motifs is 1. The van der Waals surface area contributed by atoms with E-state index in [1.54, 1.807) is 24.2 Å². The number of nitrogens with one attached hydrogen (secondary N) is 1. The fourth-order valence-corrected chi connectivity index (χ4v) is 3.20. The lowest BCUT2D eigenvalue weighted by Crippen LogP contribution is -2.44. The molecule has 1 aliphatic rings. The summed E-state index contributed by atoms with van der Waals surface area (Å²) in [7, 11) is 0. The van der Waals surface area contributed by atoms with Gasteiger partial charge in [0.25, 0.3) is 0 Å². The Morgan fingerprint density at radius 1 is 1.38 bits per heavy atom. The minimum absolute atomic E-state index is 0.216. The van der Waals surface area contributed by atoms with Crippen LogP contribution in [0.2, 0.25) is 0 Å². The van der Waals surface area contributed by atoms with E-state index in [1.165, 1.54) is 0 Å². The van der Waals surface area contributed by atoms with E-state index in [2.05, 4.69) is 15.4 Å². The lowest BCUT2D eigenvalue weighted by molar-refractivity contribution is -0.149. The Hall–Kier alpha value is -2.64. The van der Waals surface area contributed by atoms with Crippen molar-refractivity contribution in [3.05, 3.63) is 18.5 Å². The van der Waals surface area contributed by atoms with Crippen LogP contribution in [-0.4, -0.2) is 51.4 Å². The molecule has 1 atom stereocenters. The first-order valence-corrected chi connectivity index (χ1v) is 9.05. The molecule has 2 aromatic heterocycles. The van der Waals surface area contributed by atoms with Crippen molar-refractivity contribution in [2.24, 2.45) is 5.92 Å². The molecule has 0 aromatic carbocycles. The van der Waals surface area contributed by atoms with Crippen molar-refractivity contribution in [1.82, 2.24) is 19.7 Å². The van der Waals surface area contributed by atoms with E-state index in [0.717, 1.165) is 23.9 Å². The molecule has 3 heterocycles. The number of carbonyl (C=O) groups is 2. The summed E-state index contributed by atoms with van der Waals surface area (Å²) in [5.41, 5.74) is 1.41. The van der Waals surface area contributed by atoms with Crippen LogP contribution in [0.3, 0.4) is 0 Å². The molecule has 140 valence electrons. The van der Waals surface area contributed by atoms with E-state index in [9.17, 15) is 9.59 Å². The number of esters is 1. The number of piperidine rings is 1. The number of amides is 2. The van der Waals surface area contributed by atoms with Crippen LogP contribution in [0.15, 0.2) is 18.5 Å². The van der Waals surface area contributed by atoms with Crippen LogP contribution in [0.5, 0.6) is 0 Å². The molecule has 0 bridgehead atoms. The Balaban J connectivity index is 1.67. The van der Waals surface area contributed by atoms with Gasteiger partial charge in [0.15, 0.2) is 5.65 Å².